The lowest BCUT2D eigenvalue weighted by molar-refractivity contribution is 0.245. The van der Waals surface area contributed by atoms with Crippen LogP contribution in [0.1, 0.15) is 26.0 Å². The highest BCUT2D eigenvalue weighted by molar-refractivity contribution is 5.93. The van der Waals surface area contributed by atoms with E-state index >= 15 is 0 Å². The van der Waals surface area contributed by atoms with Crippen molar-refractivity contribution in [2.24, 2.45) is 0 Å². The minimum Gasteiger partial charge on any atom is -0.489 e. The lowest BCUT2D eigenvalue weighted by Crippen LogP contribution is -2.20. The van der Waals surface area contributed by atoms with Crippen molar-refractivity contribution in [2.45, 2.75) is 26.4 Å². The molecule has 0 fully saturated rings. The van der Waals surface area contributed by atoms with Crippen molar-refractivity contribution in [1.82, 2.24) is 15.5 Å². The normalized spacial score (nSPS) is 15.8. The van der Waals surface area contributed by atoms with E-state index in [1.807, 2.05) is 26.0 Å². The van der Waals surface area contributed by atoms with E-state index in [1.165, 1.54) is 5.57 Å². The maximum absolute atomic E-state index is 5.83. The zero-order chi connectivity index (χ0) is 13.2. The van der Waals surface area contributed by atoms with Gasteiger partial charge in [0.05, 0.1) is 11.8 Å². The second kappa shape index (κ2) is 5.05. The van der Waals surface area contributed by atoms with Crippen LogP contribution < -0.4 is 10.1 Å². The third-order valence-electron chi connectivity index (χ3n) is 3.29. The molecule has 3 rings (SSSR count). The minimum atomic E-state index is 0.162. The maximum atomic E-state index is 5.83. The van der Waals surface area contributed by atoms with Gasteiger partial charge in [-0.1, -0.05) is 18.2 Å². The third kappa shape index (κ3) is 2.36. The summed E-state index contributed by atoms with van der Waals surface area (Å²) in [6.45, 7) is 6.01. The van der Waals surface area contributed by atoms with E-state index in [4.69, 9.17) is 4.74 Å². The Labute approximate surface area is 112 Å². The van der Waals surface area contributed by atoms with E-state index in [9.17, 15) is 0 Å². The zero-order valence-corrected chi connectivity index (χ0v) is 11.4. The number of hydrogen-bond donors (Lipinski definition) is 2. The van der Waals surface area contributed by atoms with Crippen LogP contribution in [0.15, 0.2) is 24.3 Å². The second-order valence-corrected chi connectivity index (χ2v) is 5.10. The summed E-state index contributed by atoms with van der Waals surface area (Å²) in [5.74, 6) is 0.876. The lowest BCUT2D eigenvalue weighted by atomic mass is 10.0. The molecule has 0 unspecified atom stereocenters. The van der Waals surface area contributed by atoms with Crippen LogP contribution in [0.4, 0.5) is 0 Å². The largest absolute Gasteiger partial charge is 0.489 e. The van der Waals surface area contributed by atoms with Crippen molar-refractivity contribution in [1.29, 1.82) is 0 Å². The lowest BCUT2D eigenvalue weighted by Gasteiger charge is -2.12. The third-order valence-corrected chi connectivity index (χ3v) is 3.29. The number of aromatic amines is 1. The Morgan fingerprint density at radius 3 is 2.95 bits per heavy atom. The van der Waals surface area contributed by atoms with Crippen LogP contribution in [0.2, 0.25) is 0 Å². The number of rotatable bonds is 3. The fourth-order valence-electron chi connectivity index (χ4n) is 2.45. The van der Waals surface area contributed by atoms with Crippen LogP contribution >= 0.6 is 0 Å². The molecule has 4 nitrogen and oxygen atoms in total. The second-order valence-electron chi connectivity index (χ2n) is 5.10. The number of ether oxygens (including phenoxy) is 1. The SMILES string of the molecule is CC(C)Oc1cccc2c(C3=CCNCC3)n[nH]c12. The van der Waals surface area contributed by atoms with Crippen LogP contribution in [0.5, 0.6) is 5.75 Å². The molecule has 1 aromatic heterocycles. The molecule has 0 aliphatic carbocycles. The first kappa shape index (κ1) is 12.2. The molecule has 0 bridgehead atoms. The number of nitrogens with one attached hydrogen (secondary N) is 2. The summed E-state index contributed by atoms with van der Waals surface area (Å²) in [4.78, 5) is 0. The van der Waals surface area contributed by atoms with Crippen molar-refractivity contribution in [3.05, 3.63) is 30.0 Å². The van der Waals surface area contributed by atoms with E-state index in [0.29, 0.717) is 0 Å². The van der Waals surface area contributed by atoms with Crippen molar-refractivity contribution >= 4 is 16.5 Å². The van der Waals surface area contributed by atoms with Gasteiger partial charge in [0.15, 0.2) is 0 Å². The fourth-order valence-corrected chi connectivity index (χ4v) is 2.45. The summed E-state index contributed by atoms with van der Waals surface area (Å²) in [5.41, 5.74) is 3.36. The Balaban J connectivity index is 2.06. The average Bonchev–Trinajstić information content (AvgIpc) is 2.84. The molecule has 0 amide bonds. The van der Waals surface area contributed by atoms with Gasteiger partial charge in [-0.2, -0.15) is 5.10 Å². The molecular formula is C15H19N3O. The molecule has 100 valence electrons. The molecule has 0 radical (unpaired) electrons. The number of nitrogens with zero attached hydrogens (tertiary/aromatic N) is 1. The van der Waals surface area contributed by atoms with Crippen LogP contribution in [-0.2, 0) is 0 Å². The van der Waals surface area contributed by atoms with Crippen LogP contribution in [0.25, 0.3) is 16.5 Å². The number of hydrogen-bond acceptors (Lipinski definition) is 3. The Morgan fingerprint density at radius 1 is 1.32 bits per heavy atom. The van der Waals surface area contributed by atoms with Gasteiger partial charge < -0.3 is 10.1 Å². The zero-order valence-electron chi connectivity index (χ0n) is 11.4. The van der Waals surface area contributed by atoms with E-state index in [0.717, 1.165) is 41.9 Å². The molecule has 0 atom stereocenters. The Kier molecular flexibility index (Phi) is 3.25. The summed E-state index contributed by atoms with van der Waals surface area (Å²) in [7, 11) is 0. The van der Waals surface area contributed by atoms with Gasteiger partial charge in [0.25, 0.3) is 0 Å². The van der Waals surface area contributed by atoms with Gasteiger partial charge in [0, 0.05) is 11.9 Å². The molecule has 2 aromatic rings. The van der Waals surface area contributed by atoms with E-state index in [2.05, 4.69) is 27.7 Å². The van der Waals surface area contributed by atoms with E-state index in [1.54, 1.807) is 0 Å². The van der Waals surface area contributed by atoms with Gasteiger partial charge in [-0.3, -0.25) is 5.10 Å². The molecule has 19 heavy (non-hydrogen) atoms. The molecule has 0 saturated heterocycles. The minimum absolute atomic E-state index is 0.162. The summed E-state index contributed by atoms with van der Waals surface area (Å²) >= 11 is 0. The topological polar surface area (TPSA) is 49.9 Å². The van der Waals surface area contributed by atoms with Crippen molar-refractivity contribution in [3.63, 3.8) is 0 Å². The Bertz CT molecular complexity index is 613. The van der Waals surface area contributed by atoms with Gasteiger partial charge in [-0.05, 0) is 38.5 Å². The number of aromatic nitrogens is 2. The van der Waals surface area contributed by atoms with Crippen LogP contribution in [0.3, 0.4) is 0 Å². The van der Waals surface area contributed by atoms with E-state index < -0.39 is 0 Å². The molecule has 2 heterocycles. The molecule has 2 N–H and O–H groups in total. The molecule has 1 aliphatic rings. The fraction of sp³-hybridized carbons (Fsp3) is 0.400. The highest BCUT2D eigenvalue weighted by Crippen LogP contribution is 2.31. The van der Waals surface area contributed by atoms with Gasteiger partial charge in [0.2, 0.25) is 0 Å². The van der Waals surface area contributed by atoms with Crippen LogP contribution in [0, 0.1) is 0 Å². The summed E-state index contributed by atoms with van der Waals surface area (Å²) in [6.07, 6.45) is 3.40. The predicted octanol–water partition coefficient (Wildman–Crippen LogP) is 2.73. The Morgan fingerprint density at radius 2 is 2.21 bits per heavy atom. The molecule has 1 aliphatic heterocycles. The molecular weight excluding hydrogens is 238 g/mol. The highest BCUT2D eigenvalue weighted by Gasteiger charge is 2.15. The highest BCUT2D eigenvalue weighted by atomic mass is 16.5. The monoisotopic (exact) mass is 257 g/mol. The summed E-state index contributed by atoms with van der Waals surface area (Å²) < 4.78 is 5.83. The molecule has 0 spiro atoms. The van der Waals surface area contributed by atoms with Gasteiger partial charge in [-0.25, -0.2) is 0 Å². The Hall–Kier alpha value is -1.81. The average molecular weight is 257 g/mol. The number of fused-ring (bicyclic) bond motifs is 1. The first-order valence-electron chi connectivity index (χ1n) is 6.79. The summed E-state index contributed by atoms with van der Waals surface area (Å²) in [5, 5.41) is 12.1. The van der Waals surface area contributed by atoms with Crippen LogP contribution in [-0.4, -0.2) is 29.4 Å². The quantitative estimate of drug-likeness (QED) is 0.889. The first-order valence-corrected chi connectivity index (χ1v) is 6.79. The first-order chi connectivity index (χ1) is 9.25. The van der Waals surface area contributed by atoms with Gasteiger partial charge in [-0.15, -0.1) is 0 Å². The number of benzene rings is 1. The smallest absolute Gasteiger partial charge is 0.145 e. The molecule has 1 aromatic carbocycles. The summed E-state index contributed by atoms with van der Waals surface area (Å²) in [6, 6.07) is 6.12. The van der Waals surface area contributed by atoms with Crippen molar-refractivity contribution in [2.75, 3.05) is 13.1 Å². The predicted molar refractivity (Wildman–Crippen MR) is 77.3 cm³/mol. The van der Waals surface area contributed by atoms with Gasteiger partial charge in [0.1, 0.15) is 11.3 Å². The number of H-pyrrole nitrogens is 1. The van der Waals surface area contributed by atoms with Crippen molar-refractivity contribution < 1.29 is 4.74 Å². The van der Waals surface area contributed by atoms with Gasteiger partial charge >= 0.3 is 0 Å². The maximum Gasteiger partial charge on any atom is 0.145 e. The number of para-hydroxylation sites is 1. The van der Waals surface area contributed by atoms with E-state index in [-0.39, 0.29) is 6.10 Å². The molecule has 0 saturated carbocycles. The standard InChI is InChI=1S/C15H19N3O/c1-10(2)19-13-5-3-4-12-14(17-18-15(12)13)11-6-8-16-9-7-11/h3-6,10,16H,7-9H2,1-2H3,(H,17,18). The molecule has 4 heteroatoms. The van der Waals surface area contributed by atoms with Crippen molar-refractivity contribution in [3.8, 4) is 5.75 Å².